The van der Waals surface area contributed by atoms with Crippen LogP contribution in [-0.2, 0) is 0 Å². The molecule has 2 aliphatic rings. The smallest absolute Gasteiger partial charge is 0.0390 e. The largest absolute Gasteiger partial charge is 0.381 e. The highest BCUT2D eigenvalue weighted by atomic mass is 79.9. The van der Waals surface area contributed by atoms with Crippen molar-refractivity contribution in [3.05, 3.63) is 28.2 Å². The Morgan fingerprint density at radius 2 is 2.07 bits per heavy atom. The Kier molecular flexibility index (Phi) is 2.45. The summed E-state index contributed by atoms with van der Waals surface area (Å²) in [5.74, 6) is 0.686. The third-order valence-electron chi connectivity index (χ3n) is 3.51. The molecule has 1 saturated heterocycles. The fraction of sp³-hybridized carbons (Fsp3) is 0.500. The van der Waals surface area contributed by atoms with Crippen molar-refractivity contribution >= 4 is 21.6 Å². The third kappa shape index (κ3) is 1.58. The fourth-order valence-corrected chi connectivity index (χ4v) is 3.46. The van der Waals surface area contributed by atoms with Crippen molar-refractivity contribution in [1.29, 1.82) is 0 Å². The van der Waals surface area contributed by atoms with Crippen LogP contribution < -0.4 is 10.6 Å². The van der Waals surface area contributed by atoms with E-state index in [1.807, 2.05) is 0 Å². The van der Waals surface area contributed by atoms with Crippen LogP contribution in [0.2, 0.25) is 0 Å². The van der Waals surface area contributed by atoms with Crippen LogP contribution in [0, 0.1) is 0 Å². The summed E-state index contributed by atoms with van der Waals surface area (Å²) in [6, 6.07) is 7.09. The second-order valence-corrected chi connectivity index (χ2v) is 5.24. The number of anilines is 1. The lowest BCUT2D eigenvalue weighted by molar-refractivity contribution is 0.577. The summed E-state index contributed by atoms with van der Waals surface area (Å²) in [7, 11) is 0. The van der Waals surface area contributed by atoms with Gasteiger partial charge >= 0.3 is 0 Å². The Hall–Kier alpha value is -0.540. The first-order chi connectivity index (χ1) is 7.36. The van der Waals surface area contributed by atoms with Crippen LogP contribution in [0.4, 0.5) is 5.69 Å². The van der Waals surface area contributed by atoms with Gasteiger partial charge in [0.25, 0.3) is 0 Å². The SMILES string of the molecule is Brc1cccc2c1C1CCNCCC1N2. The minimum Gasteiger partial charge on any atom is -0.381 e. The van der Waals surface area contributed by atoms with Gasteiger partial charge < -0.3 is 10.6 Å². The van der Waals surface area contributed by atoms with Crippen LogP contribution in [0.25, 0.3) is 0 Å². The van der Waals surface area contributed by atoms with Crippen molar-refractivity contribution in [3.8, 4) is 0 Å². The van der Waals surface area contributed by atoms with E-state index in [-0.39, 0.29) is 0 Å². The molecule has 0 aromatic heterocycles. The molecule has 80 valence electrons. The number of halogens is 1. The second-order valence-electron chi connectivity index (χ2n) is 4.39. The predicted molar refractivity (Wildman–Crippen MR) is 66.4 cm³/mol. The Morgan fingerprint density at radius 1 is 1.20 bits per heavy atom. The molecule has 0 saturated carbocycles. The molecule has 0 radical (unpaired) electrons. The Labute approximate surface area is 98.6 Å². The number of benzene rings is 1. The number of rotatable bonds is 0. The minimum absolute atomic E-state index is 0.633. The molecule has 0 amide bonds. The van der Waals surface area contributed by atoms with Crippen LogP contribution >= 0.6 is 15.9 Å². The molecule has 2 unspecified atom stereocenters. The molecule has 2 atom stereocenters. The molecule has 3 heteroatoms. The van der Waals surface area contributed by atoms with Crippen LogP contribution in [0.3, 0.4) is 0 Å². The Balaban J connectivity index is 2.02. The minimum atomic E-state index is 0.633. The van der Waals surface area contributed by atoms with E-state index in [0.717, 1.165) is 13.1 Å². The summed E-state index contributed by atoms with van der Waals surface area (Å²) < 4.78 is 1.27. The molecule has 1 fully saturated rings. The number of fused-ring (bicyclic) bond motifs is 3. The van der Waals surface area contributed by atoms with Gasteiger partial charge in [-0.3, -0.25) is 0 Å². The fourth-order valence-electron chi connectivity index (χ4n) is 2.80. The highest BCUT2D eigenvalue weighted by molar-refractivity contribution is 9.10. The van der Waals surface area contributed by atoms with Gasteiger partial charge in [-0.05, 0) is 43.6 Å². The van der Waals surface area contributed by atoms with E-state index in [4.69, 9.17) is 0 Å². The van der Waals surface area contributed by atoms with Crippen molar-refractivity contribution < 1.29 is 0 Å². The molecule has 15 heavy (non-hydrogen) atoms. The molecule has 1 aromatic rings. The molecule has 2 heterocycles. The number of nitrogens with one attached hydrogen (secondary N) is 2. The van der Waals surface area contributed by atoms with Gasteiger partial charge in [-0.2, -0.15) is 0 Å². The first-order valence-electron chi connectivity index (χ1n) is 5.62. The zero-order chi connectivity index (χ0) is 10.3. The molecule has 0 bridgehead atoms. The van der Waals surface area contributed by atoms with E-state index in [2.05, 4.69) is 44.8 Å². The highest BCUT2D eigenvalue weighted by Gasteiger charge is 2.33. The maximum atomic E-state index is 3.67. The quantitative estimate of drug-likeness (QED) is 0.755. The highest BCUT2D eigenvalue weighted by Crippen LogP contribution is 2.43. The zero-order valence-corrected chi connectivity index (χ0v) is 10.2. The number of hydrogen-bond donors (Lipinski definition) is 2. The molecule has 0 aliphatic carbocycles. The summed E-state index contributed by atoms with van der Waals surface area (Å²) in [6.45, 7) is 2.28. The summed E-state index contributed by atoms with van der Waals surface area (Å²) >= 11 is 3.67. The van der Waals surface area contributed by atoms with Crippen molar-refractivity contribution in [2.75, 3.05) is 18.4 Å². The van der Waals surface area contributed by atoms with E-state index in [9.17, 15) is 0 Å². The molecule has 2 N–H and O–H groups in total. The monoisotopic (exact) mass is 266 g/mol. The van der Waals surface area contributed by atoms with Crippen molar-refractivity contribution in [1.82, 2.24) is 5.32 Å². The summed E-state index contributed by atoms with van der Waals surface area (Å²) in [5.41, 5.74) is 2.83. The lowest BCUT2D eigenvalue weighted by atomic mass is 9.91. The van der Waals surface area contributed by atoms with Crippen LogP contribution in [0.5, 0.6) is 0 Å². The van der Waals surface area contributed by atoms with Crippen LogP contribution in [0.1, 0.15) is 24.3 Å². The zero-order valence-electron chi connectivity index (χ0n) is 8.59. The van der Waals surface area contributed by atoms with Crippen molar-refractivity contribution in [2.24, 2.45) is 0 Å². The summed E-state index contributed by atoms with van der Waals surface area (Å²) in [4.78, 5) is 0. The number of hydrogen-bond acceptors (Lipinski definition) is 2. The summed E-state index contributed by atoms with van der Waals surface area (Å²) in [5, 5.41) is 7.12. The van der Waals surface area contributed by atoms with Crippen molar-refractivity contribution in [2.45, 2.75) is 24.8 Å². The Morgan fingerprint density at radius 3 is 3.00 bits per heavy atom. The first kappa shape index (κ1) is 9.67. The van der Waals surface area contributed by atoms with E-state index in [1.54, 1.807) is 0 Å². The van der Waals surface area contributed by atoms with Gasteiger partial charge in [0.2, 0.25) is 0 Å². The normalized spacial score (nSPS) is 28.9. The first-order valence-corrected chi connectivity index (χ1v) is 6.41. The molecule has 3 rings (SSSR count). The maximum Gasteiger partial charge on any atom is 0.0390 e. The predicted octanol–water partition coefficient (Wildman–Crippen LogP) is 2.71. The molecule has 0 spiro atoms. The van der Waals surface area contributed by atoms with Gasteiger partial charge in [0.05, 0.1) is 0 Å². The molecule has 2 aliphatic heterocycles. The molecule has 2 nitrogen and oxygen atoms in total. The van der Waals surface area contributed by atoms with Gasteiger partial charge in [0.15, 0.2) is 0 Å². The second kappa shape index (κ2) is 3.80. The lowest BCUT2D eigenvalue weighted by Gasteiger charge is -2.16. The van der Waals surface area contributed by atoms with Gasteiger partial charge in [-0.25, -0.2) is 0 Å². The topological polar surface area (TPSA) is 24.1 Å². The average molecular weight is 267 g/mol. The van der Waals surface area contributed by atoms with Gasteiger partial charge in [0.1, 0.15) is 0 Å². The van der Waals surface area contributed by atoms with Gasteiger partial charge in [0, 0.05) is 22.1 Å². The van der Waals surface area contributed by atoms with Crippen LogP contribution in [0.15, 0.2) is 22.7 Å². The van der Waals surface area contributed by atoms with Gasteiger partial charge in [-0.15, -0.1) is 0 Å². The van der Waals surface area contributed by atoms with Gasteiger partial charge in [-0.1, -0.05) is 22.0 Å². The van der Waals surface area contributed by atoms with Crippen molar-refractivity contribution in [3.63, 3.8) is 0 Å². The van der Waals surface area contributed by atoms with E-state index in [0.29, 0.717) is 12.0 Å². The standard InChI is InChI=1S/C12H15BrN2/c13-9-2-1-3-11-12(9)8-4-6-14-7-5-10(8)15-11/h1-3,8,10,14-15H,4-7H2. The Bertz CT molecular complexity index is 378. The molecular weight excluding hydrogens is 252 g/mol. The van der Waals surface area contributed by atoms with E-state index in [1.165, 1.54) is 28.6 Å². The molecular formula is C12H15BrN2. The average Bonchev–Trinajstić information content (AvgIpc) is 2.43. The lowest BCUT2D eigenvalue weighted by Crippen LogP contribution is -2.21. The maximum absolute atomic E-state index is 3.67. The third-order valence-corrected chi connectivity index (χ3v) is 4.21. The van der Waals surface area contributed by atoms with Crippen LogP contribution in [-0.4, -0.2) is 19.1 Å². The molecule has 1 aromatic carbocycles. The summed E-state index contributed by atoms with van der Waals surface area (Å²) in [6.07, 6.45) is 2.47. The van der Waals surface area contributed by atoms with E-state index >= 15 is 0 Å². The van der Waals surface area contributed by atoms with E-state index < -0.39 is 0 Å².